The van der Waals surface area contributed by atoms with Crippen molar-refractivity contribution in [3.63, 3.8) is 0 Å². The van der Waals surface area contributed by atoms with E-state index in [2.05, 4.69) is 15.9 Å². The molecule has 1 heterocycles. The molecule has 1 unspecified atom stereocenters. The molecule has 1 aromatic rings. The SMILES string of the molecule is CC1CN(S(=O)(=O)c2cc(Br)c(F)cc2N)CCCO1. The molecule has 2 N–H and O–H groups in total. The normalized spacial score (nSPS) is 21.6. The Bertz CT molecular complexity index is 609. The monoisotopic (exact) mass is 366 g/mol. The number of benzene rings is 1. The minimum absolute atomic E-state index is 0.0735. The van der Waals surface area contributed by atoms with E-state index in [0.717, 1.165) is 6.07 Å². The summed E-state index contributed by atoms with van der Waals surface area (Å²) in [5.74, 6) is -0.589. The molecule has 1 aromatic carbocycles. The Morgan fingerprint density at radius 2 is 2.20 bits per heavy atom. The van der Waals surface area contributed by atoms with Gasteiger partial charge in [-0.05, 0) is 41.4 Å². The van der Waals surface area contributed by atoms with Gasteiger partial charge in [-0.25, -0.2) is 12.8 Å². The quantitative estimate of drug-likeness (QED) is 0.812. The molecular formula is C12H16BrFN2O3S. The van der Waals surface area contributed by atoms with Gasteiger partial charge in [-0.2, -0.15) is 4.31 Å². The summed E-state index contributed by atoms with van der Waals surface area (Å²) in [6, 6.07) is 2.21. The van der Waals surface area contributed by atoms with Crippen molar-refractivity contribution in [2.24, 2.45) is 0 Å². The summed E-state index contributed by atoms with van der Waals surface area (Å²) in [4.78, 5) is -0.0834. The van der Waals surface area contributed by atoms with Crippen molar-refractivity contribution >= 4 is 31.6 Å². The molecule has 0 amide bonds. The van der Waals surface area contributed by atoms with Crippen molar-refractivity contribution < 1.29 is 17.5 Å². The predicted octanol–water partition coefficient (Wildman–Crippen LogP) is 1.97. The molecule has 1 saturated heterocycles. The van der Waals surface area contributed by atoms with E-state index < -0.39 is 15.8 Å². The van der Waals surface area contributed by atoms with Gasteiger partial charge in [-0.15, -0.1) is 0 Å². The Kier molecular flexibility index (Phi) is 4.68. The zero-order valence-electron chi connectivity index (χ0n) is 11.0. The van der Waals surface area contributed by atoms with Crippen molar-refractivity contribution in [3.05, 3.63) is 22.4 Å². The molecule has 112 valence electrons. The van der Waals surface area contributed by atoms with E-state index in [4.69, 9.17) is 10.5 Å². The fourth-order valence-electron chi connectivity index (χ4n) is 2.08. The molecule has 0 bridgehead atoms. The predicted molar refractivity (Wildman–Crippen MR) is 77.3 cm³/mol. The van der Waals surface area contributed by atoms with Crippen LogP contribution in [0.15, 0.2) is 21.5 Å². The van der Waals surface area contributed by atoms with Crippen molar-refractivity contribution in [2.75, 3.05) is 25.4 Å². The summed E-state index contributed by atoms with van der Waals surface area (Å²) in [5.41, 5.74) is 5.56. The van der Waals surface area contributed by atoms with Gasteiger partial charge in [0.25, 0.3) is 0 Å². The summed E-state index contributed by atoms with van der Waals surface area (Å²) < 4.78 is 45.4. The lowest BCUT2D eigenvalue weighted by molar-refractivity contribution is 0.0752. The van der Waals surface area contributed by atoms with Crippen molar-refractivity contribution in [1.82, 2.24) is 4.31 Å². The van der Waals surface area contributed by atoms with Crippen molar-refractivity contribution in [1.29, 1.82) is 0 Å². The first-order valence-corrected chi connectivity index (χ1v) is 8.42. The van der Waals surface area contributed by atoms with Crippen LogP contribution in [-0.2, 0) is 14.8 Å². The molecule has 1 aliphatic heterocycles. The minimum atomic E-state index is -3.76. The van der Waals surface area contributed by atoms with E-state index >= 15 is 0 Å². The number of halogens is 2. The molecule has 0 aliphatic carbocycles. The Hall–Kier alpha value is -0.700. The fraction of sp³-hybridized carbons (Fsp3) is 0.500. The van der Waals surface area contributed by atoms with Gasteiger partial charge in [0.15, 0.2) is 0 Å². The maximum atomic E-state index is 13.4. The van der Waals surface area contributed by atoms with Crippen LogP contribution in [0, 0.1) is 5.82 Å². The van der Waals surface area contributed by atoms with Crippen molar-refractivity contribution in [3.8, 4) is 0 Å². The Morgan fingerprint density at radius 1 is 1.50 bits per heavy atom. The molecule has 1 aliphatic rings. The van der Waals surface area contributed by atoms with E-state index in [-0.39, 0.29) is 27.7 Å². The highest BCUT2D eigenvalue weighted by Crippen LogP contribution is 2.29. The molecule has 0 saturated carbocycles. The lowest BCUT2D eigenvalue weighted by atomic mass is 10.3. The summed E-state index contributed by atoms with van der Waals surface area (Å²) in [5, 5.41) is 0. The minimum Gasteiger partial charge on any atom is -0.398 e. The van der Waals surface area contributed by atoms with Gasteiger partial charge in [0.2, 0.25) is 10.0 Å². The Labute approximate surface area is 126 Å². The summed E-state index contributed by atoms with van der Waals surface area (Å²) >= 11 is 2.99. The maximum Gasteiger partial charge on any atom is 0.245 e. The van der Waals surface area contributed by atoms with E-state index in [1.807, 2.05) is 6.92 Å². The lowest BCUT2D eigenvalue weighted by Gasteiger charge is -2.22. The highest BCUT2D eigenvalue weighted by molar-refractivity contribution is 9.10. The van der Waals surface area contributed by atoms with Gasteiger partial charge in [0, 0.05) is 19.7 Å². The molecule has 0 aromatic heterocycles. The highest BCUT2D eigenvalue weighted by Gasteiger charge is 2.30. The zero-order valence-corrected chi connectivity index (χ0v) is 13.4. The van der Waals surface area contributed by atoms with E-state index in [9.17, 15) is 12.8 Å². The Morgan fingerprint density at radius 3 is 2.90 bits per heavy atom. The number of sulfonamides is 1. The number of hydrogen-bond donors (Lipinski definition) is 1. The van der Waals surface area contributed by atoms with E-state index in [1.165, 1.54) is 10.4 Å². The molecule has 1 fully saturated rings. The second-order valence-electron chi connectivity index (χ2n) is 4.70. The molecule has 5 nitrogen and oxygen atoms in total. The molecule has 20 heavy (non-hydrogen) atoms. The fourth-order valence-corrected chi connectivity index (χ4v) is 4.25. The topological polar surface area (TPSA) is 72.6 Å². The smallest absolute Gasteiger partial charge is 0.245 e. The van der Waals surface area contributed by atoms with Crippen LogP contribution >= 0.6 is 15.9 Å². The van der Waals surface area contributed by atoms with Crippen LogP contribution in [0.5, 0.6) is 0 Å². The number of nitrogens with zero attached hydrogens (tertiary/aromatic N) is 1. The third-order valence-electron chi connectivity index (χ3n) is 3.09. The molecule has 0 radical (unpaired) electrons. The lowest BCUT2D eigenvalue weighted by Crippen LogP contribution is -2.36. The average molecular weight is 367 g/mol. The highest BCUT2D eigenvalue weighted by atomic mass is 79.9. The van der Waals surface area contributed by atoms with Crippen LogP contribution in [0.25, 0.3) is 0 Å². The number of nitrogen functional groups attached to an aromatic ring is 1. The summed E-state index contributed by atoms with van der Waals surface area (Å²) in [6.07, 6.45) is 0.434. The molecular weight excluding hydrogens is 351 g/mol. The number of rotatable bonds is 2. The van der Waals surface area contributed by atoms with Crippen LogP contribution in [0.1, 0.15) is 13.3 Å². The average Bonchev–Trinajstić information content (AvgIpc) is 2.58. The molecule has 1 atom stereocenters. The second kappa shape index (κ2) is 5.97. The van der Waals surface area contributed by atoms with Gasteiger partial charge in [-0.3, -0.25) is 0 Å². The third kappa shape index (κ3) is 3.13. The number of anilines is 1. The molecule has 2 rings (SSSR count). The van der Waals surface area contributed by atoms with Crippen LogP contribution in [0.3, 0.4) is 0 Å². The van der Waals surface area contributed by atoms with Gasteiger partial charge in [-0.1, -0.05) is 0 Å². The molecule has 8 heteroatoms. The number of nitrogens with two attached hydrogens (primary N) is 1. The standard InChI is InChI=1S/C12H16BrFN2O3S/c1-8-7-16(3-2-4-19-8)20(17,18)12-5-9(13)10(14)6-11(12)15/h5-6,8H,2-4,7,15H2,1H3. The van der Waals surface area contributed by atoms with Crippen LogP contribution in [0.2, 0.25) is 0 Å². The summed E-state index contributed by atoms with van der Waals surface area (Å²) in [6.45, 7) is 2.96. The van der Waals surface area contributed by atoms with Crippen LogP contribution < -0.4 is 5.73 Å². The van der Waals surface area contributed by atoms with Gasteiger partial charge >= 0.3 is 0 Å². The summed E-state index contributed by atoms with van der Waals surface area (Å²) in [7, 11) is -3.76. The van der Waals surface area contributed by atoms with Crippen molar-refractivity contribution in [2.45, 2.75) is 24.3 Å². The van der Waals surface area contributed by atoms with E-state index in [0.29, 0.717) is 19.6 Å². The van der Waals surface area contributed by atoms with E-state index in [1.54, 1.807) is 0 Å². The first kappa shape index (κ1) is 15.7. The van der Waals surface area contributed by atoms with Gasteiger partial charge in [0.1, 0.15) is 10.7 Å². The first-order chi connectivity index (χ1) is 9.32. The number of ether oxygens (including phenoxy) is 1. The largest absolute Gasteiger partial charge is 0.398 e. The maximum absolute atomic E-state index is 13.4. The first-order valence-electron chi connectivity index (χ1n) is 6.18. The zero-order chi connectivity index (χ0) is 14.9. The van der Waals surface area contributed by atoms with Crippen LogP contribution in [0.4, 0.5) is 10.1 Å². The Balaban J connectivity index is 2.41. The number of hydrogen-bond acceptors (Lipinski definition) is 4. The second-order valence-corrected chi connectivity index (χ2v) is 7.46. The van der Waals surface area contributed by atoms with Gasteiger partial charge < -0.3 is 10.5 Å². The third-order valence-corrected chi connectivity index (χ3v) is 5.61. The molecule has 0 spiro atoms. The van der Waals surface area contributed by atoms with Crippen LogP contribution in [-0.4, -0.2) is 38.5 Å². The van der Waals surface area contributed by atoms with Gasteiger partial charge in [0.05, 0.1) is 16.3 Å².